The minimum Gasteiger partial charge on any atom is -0.457 e. The molecule has 3 aromatic rings. The van der Waals surface area contributed by atoms with Gasteiger partial charge >= 0.3 is 0 Å². The third kappa shape index (κ3) is 4.07. The molecule has 1 aliphatic heterocycles. The predicted molar refractivity (Wildman–Crippen MR) is 104 cm³/mol. The minimum atomic E-state index is -1.44. The van der Waals surface area contributed by atoms with Crippen LogP contribution in [0.2, 0.25) is 0 Å². The van der Waals surface area contributed by atoms with E-state index in [4.69, 9.17) is 13.9 Å². The van der Waals surface area contributed by atoms with Crippen LogP contribution in [0.25, 0.3) is 11.5 Å². The van der Waals surface area contributed by atoms with Gasteiger partial charge in [0.2, 0.25) is 11.8 Å². The highest BCUT2D eigenvalue weighted by Crippen LogP contribution is 2.34. The van der Waals surface area contributed by atoms with Gasteiger partial charge in [-0.2, -0.15) is 0 Å². The largest absolute Gasteiger partial charge is 0.457 e. The van der Waals surface area contributed by atoms with Gasteiger partial charge in [0.25, 0.3) is 0 Å². The third-order valence-electron chi connectivity index (χ3n) is 4.94. The molecule has 1 aliphatic rings. The number of aryl methyl sites for hydroxylation is 1. The maximum absolute atomic E-state index is 10.3. The molecule has 30 heavy (non-hydrogen) atoms. The normalized spacial score (nSPS) is 26.5. The second-order valence-electron chi connectivity index (χ2n) is 7.07. The molecule has 4 N–H and O–H groups in total. The Kier molecular flexibility index (Phi) is 5.80. The van der Waals surface area contributed by atoms with Crippen LogP contribution in [0.4, 0.5) is 0 Å². The maximum Gasteiger partial charge on any atom is 0.247 e. The number of rotatable bonds is 5. The molecule has 0 saturated carbocycles. The topological polar surface area (TPSA) is 138 Å². The number of aliphatic hydroxyl groups excluding tert-OH is 4. The fourth-order valence-electron chi connectivity index (χ4n) is 3.35. The first-order chi connectivity index (χ1) is 14.5. The van der Waals surface area contributed by atoms with Crippen LogP contribution < -0.4 is 4.74 Å². The van der Waals surface area contributed by atoms with E-state index in [1.807, 2.05) is 0 Å². The molecule has 0 spiro atoms. The Labute approximate surface area is 172 Å². The molecule has 0 radical (unpaired) electrons. The van der Waals surface area contributed by atoms with Crippen LogP contribution in [-0.2, 0) is 4.74 Å². The lowest BCUT2D eigenvalue weighted by molar-refractivity contribution is -0.231. The Morgan fingerprint density at radius 1 is 0.933 bits per heavy atom. The smallest absolute Gasteiger partial charge is 0.247 e. The van der Waals surface area contributed by atoms with Gasteiger partial charge in [0.1, 0.15) is 42.0 Å². The van der Waals surface area contributed by atoms with Gasteiger partial charge in [-0.15, -0.1) is 10.2 Å². The lowest BCUT2D eigenvalue weighted by Gasteiger charge is -2.40. The standard InChI is InChI=1S/C21H22N2O7/c1-11-22-23-21(28-11)12-5-7-14(8-6-12)29-15-4-2-3-13(9-15)20-19(27)18(26)17(25)16(10-24)30-20/h2-9,16-20,24-27H,10H2,1H3/t16-,17-,18+,19+,20-/m1/s1. The SMILES string of the molecule is Cc1nnc(-c2ccc(Oc3cccc([C@H]4O[C@H](CO)[C@@H](O)[C@H](O)[C@@H]4O)c3)cc2)o1. The predicted octanol–water partition coefficient (Wildman–Crippen LogP) is 1.35. The molecule has 1 fully saturated rings. The van der Waals surface area contributed by atoms with Gasteiger partial charge in [-0.1, -0.05) is 12.1 Å². The van der Waals surface area contributed by atoms with Crippen LogP contribution in [0.3, 0.4) is 0 Å². The molecular weight excluding hydrogens is 392 g/mol. The number of ether oxygens (including phenoxy) is 2. The average molecular weight is 414 g/mol. The maximum atomic E-state index is 10.3. The minimum absolute atomic E-state index is 0.420. The first kappa shape index (κ1) is 20.5. The van der Waals surface area contributed by atoms with Crippen LogP contribution in [0, 0.1) is 6.92 Å². The third-order valence-corrected chi connectivity index (χ3v) is 4.94. The summed E-state index contributed by atoms with van der Waals surface area (Å²) in [5.74, 6) is 1.96. The highest BCUT2D eigenvalue weighted by atomic mass is 16.5. The average Bonchev–Trinajstić information content (AvgIpc) is 3.19. The van der Waals surface area contributed by atoms with Crippen molar-refractivity contribution in [1.82, 2.24) is 10.2 Å². The molecule has 9 heteroatoms. The molecule has 9 nitrogen and oxygen atoms in total. The van der Waals surface area contributed by atoms with Gasteiger partial charge in [0, 0.05) is 12.5 Å². The van der Waals surface area contributed by atoms with E-state index in [9.17, 15) is 20.4 Å². The summed E-state index contributed by atoms with van der Waals surface area (Å²) in [5.41, 5.74) is 1.31. The van der Waals surface area contributed by atoms with Gasteiger partial charge in [-0.25, -0.2) is 0 Å². The number of nitrogens with zero attached hydrogens (tertiary/aromatic N) is 2. The molecule has 0 bridgehead atoms. The number of hydrogen-bond acceptors (Lipinski definition) is 9. The summed E-state index contributed by atoms with van der Waals surface area (Å²) in [5, 5.41) is 47.4. The van der Waals surface area contributed by atoms with E-state index in [0.29, 0.717) is 28.8 Å². The van der Waals surface area contributed by atoms with Crippen molar-refractivity contribution < 1.29 is 34.3 Å². The molecule has 1 saturated heterocycles. The number of benzene rings is 2. The van der Waals surface area contributed by atoms with Crippen LogP contribution >= 0.6 is 0 Å². The highest BCUT2D eigenvalue weighted by molar-refractivity contribution is 5.54. The molecular formula is C21H22N2O7. The van der Waals surface area contributed by atoms with Gasteiger partial charge < -0.3 is 34.3 Å². The summed E-state index contributed by atoms with van der Waals surface area (Å²) in [4.78, 5) is 0. The zero-order chi connectivity index (χ0) is 21.3. The van der Waals surface area contributed by atoms with Crippen molar-refractivity contribution in [3.05, 3.63) is 60.0 Å². The fraction of sp³-hybridized carbons (Fsp3) is 0.333. The van der Waals surface area contributed by atoms with E-state index in [1.165, 1.54) is 0 Å². The summed E-state index contributed by atoms with van der Waals surface area (Å²) in [6, 6.07) is 13.9. The van der Waals surface area contributed by atoms with Crippen LogP contribution in [0.1, 0.15) is 17.6 Å². The lowest BCUT2D eigenvalue weighted by atomic mass is 9.91. The molecule has 0 unspecified atom stereocenters. The Balaban J connectivity index is 1.51. The van der Waals surface area contributed by atoms with Crippen molar-refractivity contribution in [2.75, 3.05) is 6.61 Å². The van der Waals surface area contributed by atoms with E-state index in [0.717, 1.165) is 5.56 Å². The summed E-state index contributed by atoms with van der Waals surface area (Å²) in [7, 11) is 0. The Bertz CT molecular complexity index is 989. The second-order valence-corrected chi connectivity index (χ2v) is 7.07. The molecule has 4 rings (SSSR count). The van der Waals surface area contributed by atoms with E-state index >= 15 is 0 Å². The monoisotopic (exact) mass is 414 g/mol. The molecule has 158 valence electrons. The quantitative estimate of drug-likeness (QED) is 0.487. The van der Waals surface area contributed by atoms with Crippen LogP contribution in [0.5, 0.6) is 11.5 Å². The van der Waals surface area contributed by atoms with Crippen molar-refractivity contribution in [3.8, 4) is 23.0 Å². The molecule has 0 aliphatic carbocycles. The Hall–Kier alpha value is -2.82. The Morgan fingerprint density at radius 2 is 1.70 bits per heavy atom. The molecule has 5 atom stereocenters. The molecule has 2 heterocycles. The van der Waals surface area contributed by atoms with Crippen molar-refractivity contribution in [2.24, 2.45) is 0 Å². The molecule has 0 amide bonds. The summed E-state index contributed by atoms with van der Waals surface area (Å²) in [6.45, 7) is 1.24. The highest BCUT2D eigenvalue weighted by Gasteiger charge is 2.43. The van der Waals surface area contributed by atoms with E-state index in [1.54, 1.807) is 55.5 Å². The van der Waals surface area contributed by atoms with Gasteiger partial charge in [0.05, 0.1) is 6.61 Å². The van der Waals surface area contributed by atoms with Crippen molar-refractivity contribution in [2.45, 2.75) is 37.4 Å². The fourth-order valence-corrected chi connectivity index (χ4v) is 3.35. The van der Waals surface area contributed by atoms with Crippen LogP contribution in [0.15, 0.2) is 52.9 Å². The first-order valence-corrected chi connectivity index (χ1v) is 9.45. The zero-order valence-electron chi connectivity index (χ0n) is 16.1. The number of hydrogen-bond donors (Lipinski definition) is 4. The Morgan fingerprint density at radius 3 is 2.37 bits per heavy atom. The molecule has 2 aromatic carbocycles. The lowest BCUT2D eigenvalue weighted by Crippen LogP contribution is -2.55. The van der Waals surface area contributed by atoms with Gasteiger partial charge in [-0.3, -0.25) is 0 Å². The summed E-state index contributed by atoms with van der Waals surface area (Å²) in [6.07, 6.45) is -6.09. The number of aliphatic hydroxyl groups is 4. The van der Waals surface area contributed by atoms with E-state index in [2.05, 4.69) is 10.2 Å². The van der Waals surface area contributed by atoms with Gasteiger partial charge in [0.15, 0.2) is 0 Å². The van der Waals surface area contributed by atoms with E-state index in [-0.39, 0.29) is 0 Å². The second kappa shape index (κ2) is 8.50. The van der Waals surface area contributed by atoms with Crippen LogP contribution in [-0.4, -0.2) is 61.6 Å². The molecule has 1 aromatic heterocycles. The summed E-state index contributed by atoms with van der Waals surface area (Å²) >= 11 is 0. The van der Waals surface area contributed by atoms with Crippen molar-refractivity contribution >= 4 is 0 Å². The first-order valence-electron chi connectivity index (χ1n) is 9.45. The van der Waals surface area contributed by atoms with Crippen molar-refractivity contribution in [3.63, 3.8) is 0 Å². The van der Waals surface area contributed by atoms with E-state index < -0.39 is 37.1 Å². The zero-order valence-corrected chi connectivity index (χ0v) is 16.1. The number of aromatic nitrogens is 2. The van der Waals surface area contributed by atoms with Gasteiger partial charge in [-0.05, 0) is 42.0 Å². The van der Waals surface area contributed by atoms with Crippen molar-refractivity contribution in [1.29, 1.82) is 0 Å². The summed E-state index contributed by atoms with van der Waals surface area (Å²) < 4.78 is 16.9.